The Bertz CT molecular complexity index is 595. The maximum Gasteiger partial charge on any atom is 0.326 e. The lowest BCUT2D eigenvalue weighted by Crippen LogP contribution is -2.22. The van der Waals surface area contributed by atoms with Gasteiger partial charge in [-0.25, -0.2) is 4.79 Å². The molecule has 0 saturated heterocycles. The number of hydrogen-bond donors (Lipinski definition) is 2. The van der Waals surface area contributed by atoms with E-state index in [4.69, 9.17) is 0 Å². The van der Waals surface area contributed by atoms with Crippen LogP contribution in [0.25, 0.3) is 10.9 Å². The molecule has 0 aliphatic rings. The second kappa shape index (κ2) is 3.73. The maximum absolute atomic E-state index is 11.6. The van der Waals surface area contributed by atoms with Crippen molar-refractivity contribution >= 4 is 10.9 Å². The molecule has 0 bridgehead atoms. The van der Waals surface area contributed by atoms with Crippen molar-refractivity contribution in [2.75, 3.05) is 0 Å². The predicted molar refractivity (Wildman–Crippen MR) is 59.2 cm³/mol. The molecule has 0 saturated carbocycles. The lowest BCUT2D eigenvalue weighted by atomic mass is 10.1. The molecule has 1 aromatic carbocycles. The van der Waals surface area contributed by atoms with Crippen LogP contribution in [0.3, 0.4) is 0 Å². The summed E-state index contributed by atoms with van der Waals surface area (Å²) in [6.45, 7) is 2.05. The SMILES string of the molecule is CCCc1cccc2[nH]c(=O)[nH]c(=O)c12. The van der Waals surface area contributed by atoms with Crippen molar-refractivity contribution in [1.29, 1.82) is 0 Å². The average Bonchev–Trinajstić information content (AvgIpc) is 2.17. The highest BCUT2D eigenvalue weighted by Crippen LogP contribution is 2.12. The van der Waals surface area contributed by atoms with Gasteiger partial charge in [0.1, 0.15) is 0 Å². The van der Waals surface area contributed by atoms with E-state index in [1.807, 2.05) is 12.1 Å². The van der Waals surface area contributed by atoms with E-state index in [2.05, 4.69) is 16.9 Å². The maximum atomic E-state index is 11.6. The fourth-order valence-corrected chi connectivity index (χ4v) is 1.77. The zero-order chi connectivity index (χ0) is 10.8. The van der Waals surface area contributed by atoms with Crippen LogP contribution in [0, 0.1) is 0 Å². The van der Waals surface area contributed by atoms with Crippen molar-refractivity contribution in [3.8, 4) is 0 Å². The van der Waals surface area contributed by atoms with E-state index >= 15 is 0 Å². The molecule has 4 heteroatoms. The largest absolute Gasteiger partial charge is 0.326 e. The number of aromatic amines is 2. The van der Waals surface area contributed by atoms with Crippen LogP contribution in [0.15, 0.2) is 27.8 Å². The average molecular weight is 204 g/mol. The Hall–Kier alpha value is -1.84. The summed E-state index contributed by atoms with van der Waals surface area (Å²) in [4.78, 5) is 27.5. The highest BCUT2D eigenvalue weighted by atomic mass is 16.2. The first-order valence-corrected chi connectivity index (χ1v) is 4.96. The van der Waals surface area contributed by atoms with Gasteiger partial charge in [0.15, 0.2) is 0 Å². The van der Waals surface area contributed by atoms with E-state index in [1.165, 1.54) is 0 Å². The van der Waals surface area contributed by atoms with Gasteiger partial charge in [0, 0.05) is 0 Å². The summed E-state index contributed by atoms with van der Waals surface area (Å²) in [6.07, 6.45) is 1.81. The quantitative estimate of drug-likeness (QED) is 0.771. The van der Waals surface area contributed by atoms with Gasteiger partial charge in [0.05, 0.1) is 10.9 Å². The molecule has 0 aliphatic carbocycles. The molecule has 1 heterocycles. The smallest absolute Gasteiger partial charge is 0.307 e. The summed E-state index contributed by atoms with van der Waals surface area (Å²) in [7, 11) is 0. The molecule has 0 radical (unpaired) electrons. The minimum absolute atomic E-state index is 0.308. The van der Waals surface area contributed by atoms with Crippen LogP contribution in [0.1, 0.15) is 18.9 Å². The van der Waals surface area contributed by atoms with E-state index in [0.717, 1.165) is 18.4 Å². The lowest BCUT2D eigenvalue weighted by molar-refractivity contribution is 0.925. The van der Waals surface area contributed by atoms with Crippen LogP contribution >= 0.6 is 0 Å². The molecular formula is C11H12N2O2. The second-order valence-electron chi connectivity index (χ2n) is 3.50. The number of fused-ring (bicyclic) bond motifs is 1. The molecule has 0 aliphatic heterocycles. The zero-order valence-electron chi connectivity index (χ0n) is 8.46. The van der Waals surface area contributed by atoms with Crippen LogP contribution in [-0.4, -0.2) is 9.97 Å². The summed E-state index contributed by atoms with van der Waals surface area (Å²) in [5, 5.41) is 0.596. The Balaban J connectivity index is 2.85. The van der Waals surface area contributed by atoms with Crippen molar-refractivity contribution in [3.05, 3.63) is 44.6 Å². The second-order valence-corrected chi connectivity index (χ2v) is 3.50. The van der Waals surface area contributed by atoms with Gasteiger partial charge in [0.2, 0.25) is 0 Å². The van der Waals surface area contributed by atoms with E-state index in [1.54, 1.807) is 6.07 Å². The Kier molecular flexibility index (Phi) is 2.41. The Morgan fingerprint density at radius 2 is 2.00 bits per heavy atom. The third kappa shape index (κ3) is 1.70. The Morgan fingerprint density at radius 1 is 1.20 bits per heavy atom. The first-order valence-electron chi connectivity index (χ1n) is 4.96. The van der Waals surface area contributed by atoms with Crippen LogP contribution in [0.5, 0.6) is 0 Å². The van der Waals surface area contributed by atoms with Crippen LogP contribution in [0.4, 0.5) is 0 Å². The van der Waals surface area contributed by atoms with Crippen LogP contribution in [0.2, 0.25) is 0 Å². The van der Waals surface area contributed by atoms with Gasteiger partial charge in [0.25, 0.3) is 5.56 Å². The normalized spacial score (nSPS) is 10.7. The van der Waals surface area contributed by atoms with Gasteiger partial charge in [-0.15, -0.1) is 0 Å². The molecule has 0 atom stereocenters. The number of hydrogen-bond acceptors (Lipinski definition) is 2. The fraction of sp³-hybridized carbons (Fsp3) is 0.273. The Labute approximate surface area is 86.0 Å². The minimum Gasteiger partial charge on any atom is -0.307 e. The van der Waals surface area contributed by atoms with Gasteiger partial charge >= 0.3 is 5.69 Å². The molecule has 1 aromatic heterocycles. The van der Waals surface area contributed by atoms with Crippen molar-refractivity contribution < 1.29 is 0 Å². The highest BCUT2D eigenvalue weighted by Gasteiger charge is 2.04. The van der Waals surface area contributed by atoms with Gasteiger partial charge < -0.3 is 4.98 Å². The summed E-state index contributed by atoms with van der Waals surface area (Å²) in [5.74, 6) is 0. The summed E-state index contributed by atoms with van der Waals surface area (Å²) >= 11 is 0. The van der Waals surface area contributed by atoms with Crippen molar-refractivity contribution in [1.82, 2.24) is 9.97 Å². The predicted octanol–water partition coefficient (Wildman–Crippen LogP) is 1.17. The number of H-pyrrole nitrogens is 2. The first kappa shape index (κ1) is 9.71. The van der Waals surface area contributed by atoms with Crippen LogP contribution < -0.4 is 11.2 Å². The van der Waals surface area contributed by atoms with Gasteiger partial charge in [-0.2, -0.15) is 0 Å². The molecule has 0 unspecified atom stereocenters. The monoisotopic (exact) mass is 204 g/mol. The van der Waals surface area contributed by atoms with Crippen molar-refractivity contribution in [2.24, 2.45) is 0 Å². The molecule has 0 amide bonds. The van der Waals surface area contributed by atoms with E-state index in [-0.39, 0.29) is 5.56 Å². The third-order valence-corrected chi connectivity index (χ3v) is 2.37. The first-order chi connectivity index (χ1) is 7.22. The number of nitrogens with one attached hydrogen (secondary N) is 2. The number of rotatable bonds is 2. The fourth-order valence-electron chi connectivity index (χ4n) is 1.77. The number of aryl methyl sites for hydroxylation is 1. The van der Waals surface area contributed by atoms with E-state index < -0.39 is 5.69 Å². The lowest BCUT2D eigenvalue weighted by Gasteiger charge is -2.02. The molecule has 2 rings (SSSR count). The summed E-state index contributed by atoms with van der Waals surface area (Å²) in [5.41, 5.74) is 0.821. The third-order valence-electron chi connectivity index (χ3n) is 2.37. The minimum atomic E-state index is -0.457. The van der Waals surface area contributed by atoms with Gasteiger partial charge in [-0.1, -0.05) is 25.5 Å². The highest BCUT2D eigenvalue weighted by molar-refractivity contribution is 5.80. The summed E-state index contributed by atoms with van der Waals surface area (Å²) < 4.78 is 0. The van der Waals surface area contributed by atoms with E-state index in [9.17, 15) is 9.59 Å². The molecule has 0 fully saturated rings. The molecular weight excluding hydrogens is 192 g/mol. The zero-order valence-corrected chi connectivity index (χ0v) is 8.46. The molecule has 4 nitrogen and oxygen atoms in total. The Morgan fingerprint density at radius 3 is 2.73 bits per heavy atom. The molecule has 15 heavy (non-hydrogen) atoms. The topological polar surface area (TPSA) is 65.7 Å². The molecule has 78 valence electrons. The van der Waals surface area contributed by atoms with Crippen molar-refractivity contribution in [3.63, 3.8) is 0 Å². The molecule has 2 N–H and O–H groups in total. The number of aromatic nitrogens is 2. The molecule has 0 spiro atoms. The van der Waals surface area contributed by atoms with Crippen LogP contribution in [-0.2, 0) is 6.42 Å². The van der Waals surface area contributed by atoms with Crippen molar-refractivity contribution in [2.45, 2.75) is 19.8 Å². The van der Waals surface area contributed by atoms with E-state index in [0.29, 0.717) is 10.9 Å². The summed E-state index contributed by atoms with van der Waals surface area (Å²) in [6, 6.07) is 5.51. The standard InChI is InChI=1S/C11H12N2O2/c1-2-4-7-5-3-6-8-9(7)10(14)13-11(15)12-8/h3,5-6H,2,4H2,1H3,(H2,12,13,14,15). The molecule has 2 aromatic rings. The number of benzene rings is 1. The van der Waals surface area contributed by atoms with Gasteiger partial charge in [-0.05, 0) is 18.1 Å². The van der Waals surface area contributed by atoms with Gasteiger partial charge in [-0.3, -0.25) is 9.78 Å².